The molecular weight excluding hydrogens is 349 g/mol. The van der Waals surface area contributed by atoms with Crippen LogP contribution < -0.4 is 0 Å². The number of aryl methyl sites for hydroxylation is 1. The molecule has 140 valence electrons. The van der Waals surface area contributed by atoms with Crippen LogP contribution in [0.25, 0.3) is 0 Å². The van der Waals surface area contributed by atoms with Crippen LogP contribution in [0.2, 0.25) is 0 Å². The van der Waals surface area contributed by atoms with Gasteiger partial charge in [0.2, 0.25) is 0 Å². The minimum Gasteiger partial charge on any atom is -0.336 e. The largest absolute Gasteiger partial charge is 0.336 e. The fraction of sp³-hybridized carbons (Fsp3) is 0.500. The molecule has 0 aliphatic carbocycles. The lowest BCUT2D eigenvalue weighted by Gasteiger charge is -2.34. The van der Waals surface area contributed by atoms with E-state index in [0.717, 1.165) is 36.6 Å². The third kappa shape index (κ3) is 4.48. The van der Waals surface area contributed by atoms with E-state index in [9.17, 15) is 9.18 Å². The highest BCUT2D eigenvalue weighted by molar-refractivity contribution is 7.09. The summed E-state index contributed by atoms with van der Waals surface area (Å²) in [6.45, 7) is 9.48. The maximum atomic E-state index is 13.2. The smallest absolute Gasteiger partial charge is 0.273 e. The molecule has 1 aromatic carbocycles. The van der Waals surface area contributed by atoms with Crippen LogP contribution in [-0.4, -0.2) is 46.4 Å². The molecule has 3 rings (SSSR count). The van der Waals surface area contributed by atoms with Crippen molar-refractivity contribution < 1.29 is 9.18 Å². The Hall–Kier alpha value is -1.79. The first kappa shape index (κ1) is 19.0. The van der Waals surface area contributed by atoms with Gasteiger partial charge in [0.1, 0.15) is 11.5 Å². The number of carbonyl (C=O) groups is 1. The molecule has 1 aliphatic heterocycles. The zero-order valence-corrected chi connectivity index (χ0v) is 16.4. The number of thiazole rings is 1. The molecule has 0 spiro atoms. The van der Waals surface area contributed by atoms with Crippen molar-refractivity contribution in [2.75, 3.05) is 19.6 Å². The Balaban J connectivity index is 1.74. The fourth-order valence-electron chi connectivity index (χ4n) is 3.52. The molecule has 0 N–H and O–H groups in total. The van der Waals surface area contributed by atoms with Crippen molar-refractivity contribution >= 4 is 17.2 Å². The molecule has 0 radical (unpaired) electrons. The standard InChI is InChI=1S/C20H26FN3OS/c1-14(2)19-12-24(20(25)18-13-26-15(3)22-18)10-4-9-23(19)11-16-5-7-17(21)8-6-16/h5-8,13-14,19H,4,9-12H2,1-3H3/t19-/m1/s1. The maximum Gasteiger partial charge on any atom is 0.273 e. The van der Waals surface area contributed by atoms with Gasteiger partial charge < -0.3 is 4.90 Å². The molecule has 1 amide bonds. The Kier molecular flexibility index (Phi) is 6.04. The van der Waals surface area contributed by atoms with Crippen molar-refractivity contribution in [3.63, 3.8) is 0 Å². The molecule has 0 saturated carbocycles. The SMILES string of the molecule is Cc1nc(C(=O)N2CCCN(Cc3ccc(F)cc3)[C@@H](C(C)C)C2)cs1. The Morgan fingerprint density at radius 2 is 2.04 bits per heavy atom. The normalized spacial score (nSPS) is 19.0. The highest BCUT2D eigenvalue weighted by Crippen LogP contribution is 2.22. The molecule has 1 atom stereocenters. The average Bonchev–Trinajstić information content (AvgIpc) is 2.93. The Morgan fingerprint density at radius 1 is 1.31 bits per heavy atom. The Labute approximate surface area is 158 Å². The van der Waals surface area contributed by atoms with Gasteiger partial charge in [0.15, 0.2) is 0 Å². The molecule has 1 aliphatic rings. The van der Waals surface area contributed by atoms with Gasteiger partial charge in [0.25, 0.3) is 5.91 Å². The molecule has 2 heterocycles. The van der Waals surface area contributed by atoms with E-state index in [1.54, 1.807) is 0 Å². The first-order chi connectivity index (χ1) is 12.4. The van der Waals surface area contributed by atoms with Crippen LogP contribution >= 0.6 is 11.3 Å². The second-order valence-corrected chi connectivity index (χ2v) is 8.33. The predicted octanol–water partition coefficient (Wildman–Crippen LogP) is 3.96. The summed E-state index contributed by atoms with van der Waals surface area (Å²) in [6, 6.07) is 6.98. The van der Waals surface area contributed by atoms with Crippen molar-refractivity contribution in [2.24, 2.45) is 5.92 Å². The van der Waals surface area contributed by atoms with E-state index in [4.69, 9.17) is 0 Å². The van der Waals surface area contributed by atoms with Crippen LogP contribution in [0, 0.1) is 18.7 Å². The van der Waals surface area contributed by atoms with Gasteiger partial charge in [0.05, 0.1) is 5.01 Å². The lowest BCUT2D eigenvalue weighted by molar-refractivity contribution is 0.0697. The number of amides is 1. The number of rotatable bonds is 4. The molecule has 6 heteroatoms. The zero-order chi connectivity index (χ0) is 18.7. The van der Waals surface area contributed by atoms with Gasteiger partial charge in [-0.3, -0.25) is 9.69 Å². The van der Waals surface area contributed by atoms with Crippen molar-refractivity contribution in [1.29, 1.82) is 0 Å². The fourth-order valence-corrected chi connectivity index (χ4v) is 4.11. The quantitative estimate of drug-likeness (QED) is 0.811. The van der Waals surface area contributed by atoms with Gasteiger partial charge in [-0.1, -0.05) is 26.0 Å². The summed E-state index contributed by atoms with van der Waals surface area (Å²) in [6.07, 6.45) is 0.930. The first-order valence-corrected chi connectivity index (χ1v) is 10.0. The number of aromatic nitrogens is 1. The number of hydrogen-bond donors (Lipinski definition) is 0. The topological polar surface area (TPSA) is 36.4 Å². The van der Waals surface area contributed by atoms with Gasteiger partial charge >= 0.3 is 0 Å². The second-order valence-electron chi connectivity index (χ2n) is 7.26. The highest BCUT2D eigenvalue weighted by Gasteiger charge is 2.30. The van der Waals surface area contributed by atoms with Crippen LogP contribution in [0.3, 0.4) is 0 Å². The summed E-state index contributed by atoms with van der Waals surface area (Å²) in [5, 5.41) is 2.77. The van der Waals surface area contributed by atoms with E-state index in [2.05, 4.69) is 23.7 Å². The summed E-state index contributed by atoms with van der Waals surface area (Å²) in [4.78, 5) is 21.6. The van der Waals surface area contributed by atoms with Crippen molar-refractivity contribution in [3.05, 3.63) is 51.7 Å². The second kappa shape index (κ2) is 8.27. The number of benzene rings is 1. The van der Waals surface area contributed by atoms with Gasteiger partial charge in [-0.25, -0.2) is 9.37 Å². The number of halogens is 1. The molecule has 4 nitrogen and oxygen atoms in total. The van der Waals surface area contributed by atoms with Gasteiger partial charge in [0, 0.05) is 37.6 Å². The van der Waals surface area contributed by atoms with E-state index in [0.29, 0.717) is 18.2 Å². The molecule has 1 saturated heterocycles. The van der Waals surface area contributed by atoms with Crippen LogP contribution in [0.1, 0.15) is 41.3 Å². The van der Waals surface area contributed by atoms with Crippen molar-refractivity contribution in [3.8, 4) is 0 Å². The average molecular weight is 376 g/mol. The lowest BCUT2D eigenvalue weighted by atomic mass is 10.0. The number of hydrogen-bond acceptors (Lipinski definition) is 4. The molecule has 0 unspecified atom stereocenters. The molecule has 26 heavy (non-hydrogen) atoms. The molecule has 1 aromatic heterocycles. The van der Waals surface area contributed by atoms with Gasteiger partial charge in [-0.05, 0) is 37.0 Å². The zero-order valence-electron chi connectivity index (χ0n) is 15.6. The van der Waals surface area contributed by atoms with Crippen LogP contribution in [-0.2, 0) is 6.54 Å². The van der Waals surface area contributed by atoms with Crippen LogP contribution in [0.15, 0.2) is 29.6 Å². The van der Waals surface area contributed by atoms with Crippen LogP contribution in [0.4, 0.5) is 4.39 Å². The molecule has 0 bridgehead atoms. The van der Waals surface area contributed by atoms with Gasteiger partial charge in [-0.2, -0.15) is 0 Å². The summed E-state index contributed by atoms with van der Waals surface area (Å²) < 4.78 is 13.2. The minimum absolute atomic E-state index is 0.0311. The predicted molar refractivity (Wildman–Crippen MR) is 103 cm³/mol. The van der Waals surface area contributed by atoms with Crippen molar-refractivity contribution in [2.45, 2.75) is 39.8 Å². The van der Waals surface area contributed by atoms with Gasteiger partial charge in [-0.15, -0.1) is 11.3 Å². The van der Waals surface area contributed by atoms with Crippen LogP contribution in [0.5, 0.6) is 0 Å². The van der Waals surface area contributed by atoms with E-state index in [1.165, 1.54) is 23.5 Å². The Bertz CT molecular complexity index is 744. The summed E-state index contributed by atoms with van der Waals surface area (Å²) >= 11 is 1.51. The highest BCUT2D eigenvalue weighted by atomic mass is 32.1. The minimum atomic E-state index is -0.208. The maximum absolute atomic E-state index is 13.2. The first-order valence-electron chi connectivity index (χ1n) is 9.14. The van der Waals surface area contributed by atoms with Crippen molar-refractivity contribution in [1.82, 2.24) is 14.8 Å². The van der Waals surface area contributed by atoms with E-state index in [1.807, 2.05) is 29.3 Å². The third-order valence-corrected chi connectivity index (χ3v) is 5.72. The van der Waals surface area contributed by atoms with E-state index >= 15 is 0 Å². The summed E-state index contributed by atoms with van der Waals surface area (Å²) in [5.74, 6) is 0.241. The molecule has 1 fully saturated rings. The summed E-state index contributed by atoms with van der Waals surface area (Å²) in [5.41, 5.74) is 1.66. The monoisotopic (exact) mass is 375 g/mol. The molecule has 2 aromatic rings. The van der Waals surface area contributed by atoms with E-state index < -0.39 is 0 Å². The Morgan fingerprint density at radius 3 is 2.65 bits per heavy atom. The summed E-state index contributed by atoms with van der Waals surface area (Å²) in [7, 11) is 0. The van der Waals surface area contributed by atoms with E-state index in [-0.39, 0.29) is 17.8 Å². The number of carbonyl (C=O) groups excluding carboxylic acids is 1. The number of nitrogens with zero attached hydrogens (tertiary/aromatic N) is 3. The third-order valence-electron chi connectivity index (χ3n) is 4.94. The lowest BCUT2D eigenvalue weighted by Crippen LogP contribution is -2.45. The molecular formula is C20H26FN3OS.